The molecule has 6 heterocycles. The van der Waals surface area contributed by atoms with Crippen LogP contribution in [0.3, 0.4) is 0 Å². The van der Waals surface area contributed by atoms with Crippen molar-refractivity contribution in [3.63, 3.8) is 0 Å². The summed E-state index contributed by atoms with van der Waals surface area (Å²) in [5.41, 5.74) is 29.2. The van der Waals surface area contributed by atoms with Crippen LogP contribution in [0.2, 0.25) is 0 Å². The fourth-order valence-electron chi connectivity index (χ4n) is 7.07. The normalized spacial score (nSPS) is 12.0. The maximum absolute atomic E-state index is 6.08. The van der Waals surface area contributed by atoms with E-state index in [1.807, 2.05) is 14.0 Å². The van der Waals surface area contributed by atoms with Crippen LogP contribution in [0.5, 0.6) is 0 Å². The van der Waals surface area contributed by atoms with Gasteiger partial charge in [-0.05, 0) is 83.1 Å². The molecule has 6 aromatic heterocycles. The van der Waals surface area contributed by atoms with Crippen molar-refractivity contribution in [2.45, 2.75) is 99.7 Å². The average molecular weight is 844 g/mol. The summed E-state index contributed by atoms with van der Waals surface area (Å²) in [5, 5.41) is 16.7. The molecule has 9 rings (SSSR count). The first kappa shape index (κ1) is 43.8. The molecule has 0 aliphatic heterocycles. The number of benzene rings is 3. The van der Waals surface area contributed by atoms with Crippen molar-refractivity contribution in [1.29, 1.82) is 0 Å². The second-order valence-electron chi connectivity index (χ2n) is 18.8. The van der Waals surface area contributed by atoms with Crippen molar-refractivity contribution in [3.05, 3.63) is 108 Å². The Morgan fingerprint density at radius 1 is 0.349 bits per heavy atom. The van der Waals surface area contributed by atoms with Crippen LogP contribution in [0.4, 0.5) is 17.5 Å². The topological polar surface area (TPSA) is 209 Å². The first-order valence-electron chi connectivity index (χ1n) is 20.8. The number of aromatic nitrogens is 12. The molecular formula is C48H57N15. The summed E-state index contributed by atoms with van der Waals surface area (Å²) in [6.45, 7) is 25.0. The number of nitrogen functional groups attached to an aromatic ring is 3. The van der Waals surface area contributed by atoms with Gasteiger partial charge in [0.1, 0.15) is 53.5 Å². The maximum Gasteiger partial charge on any atom is 0.164 e. The van der Waals surface area contributed by atoms with Crippen molar-refractivity contribution in [1.82, 2.24) is 59.2 Å². The van der Waals surface area contributed by atoms with Crippen LogP contribution in [0, 0.1) is 20.8 Å². The number of rotatable bonds is 3. The van der Waals surface area contributed by atoms with Gasteiger partial charge in [-0.3, -0.25) is 0 Å². The molecule has 0 atom stereocenters. The van der Waals surface area contributed by atoms with Gasteiger partial charge >= 0.3 is 0 Å². The summed E-state index contributed by atoms with van der Waals surface area (Å²) in [5.74, 6) is 1.39. The van der Waals surface area contributed by atoms with Gasteiger partial charge in [-0.2, -0.15) is 15.3 Å². The maximum atomic E-state index is 6.08. The molecule has 0 radical (unpaired) electrons. The quantitative estimate of drug-likeness (QED) is 0.152. The number of aryl methyl sites for hydroxylation is 3. The van der Waals surface area contributed by atoms with E-state index in [0.717, 1.165) is 66.9 Å². The molecular weight excluding hydrogens is 787 g/mol. The zero-order valence-electron chi connectivity index (χ0n) is 38.3. The van der Waals surface area contributed by atoms with Gasteiger partial charge in [0.25, 0.3) is 0 Å². The summed E-state index contributed by atoms with van der Waals surface area (Å²) in [6, 6.07) is 24.7. The molecule has 3 aromatic carbocycles. The van der Waals surface area contributed by atoms with Gasteiger partial charge in [0, 0.05) is 16.7 Å². The molecule has 0 saturated heterocycles. The van der Waals surface area contributed by atoms with E-state index in [-0.39, 0.29) is 16.6 Å². The third-order valence-electron chi connectivity index (χ3n) is 10.4. The molecule has 0 bridgehead atoms. The Balaban J connectivity index is 0.000000142. The lowest BCUT2D eigenvalue weighted by Crippen LogP contribution is -2.23. The molecule has 0 amide bonds. The van der Waals surface area contributed by atoms with E-state index in [0.29, 0.717) is 17.5 Å². The summed E-state index contributed by atoms with van der Waals surface area (Å²) < 4.78 is 5.74. The monoisotopic (exact) mass is 843 g/mol. The van der Waals surface area contributed by atoms with E-state index >= 15 is 0 Å². The molecule has 0 fully saturated rings. The Morgan fingerprint density at radius 2 is 0.571 bits per heavy atom. The Kier molecular flexibility index (Phi) is 11.5. The van der Waals surface area contributed by atoms with Crippen molar-refractivity contribution in [2.75, 3.05) is 17.2 Å². The Bertz CT molecular complexity index is 2710. The highest BCUT2D eigenvalue weighted by atomic mass is 15.4. The molecule has 63 heavy (non-hydrogen) atoms. The SMILES string of the molecule is Cc1ccc(-c2nn(C(C)(C)C)c3ncnc(N)c23)cc1.Cc1ccc(-c2nn(C(C)(C)C)c3ncnc(N)c23)cc1.Cc1ccc(-c2nn(C(C)(C)C)c3ncnc(N)c23)cc1. The minimum absolute atomic E-state index is 0.179. The predicted molar refractivity (Wildman–Crippen MR) is 255 cm³/mol. The van der Waals surface area contributed by atoms with Gasteiger partial charge in [-0.15, -0.1) is 0 Å². The minimum Gasteiger partial charge on any atom is -0.383 e. The third-order valence-corrected chi connectivity index (χ3v) is 10.4. The molecule has 0 spiro atoms. The number of hydrogen-bond acceptors (Lipinski definition) is 12. The van der Waals surface area contributed by atoms with Gasteiger partial charge in [0.2, 0.25) is 0 Å². The highest BCUT2D eigenvalue weighted by Crippen LogP contribution is 2.35. The number of fused-ring (bicyclic) bond motifs is 3. The summed E-state index contributed by atoms with van der Waals surface area (Å²) >= 11 is 0. The van der Waals surface area contributed by atoms with Crippen molar-refractivity contribution in [3.8, 4) is 33.8 Å². The van der Waals surface area contributed by atoms with Crippen molar-refractivity contribution in [2.24, 2.45) is 0 Å². The highest BCUT2D eigenvalue weighted by molar-refractivity contribution is 6.00. The smallest absolute Gasteiger partial charge is 0.164 e. The van der Waals surface area contributed by atoms with Crippen molar-refractivity contribution < 1.29 is 0 Å². The van der Waals surface area contributed by atoms with Crippen molar-refractivity contribution >= 4 is 50.6 Å². The van der Waals surface area contributed by atoms with Crippen LogP contribution >= 0.6 is 0 Å². The standard InChI is InChI=1S/3C16H19N5/c3*1-10-5-7-11(8-6-10)13-12-14(17)18-9-19-15(12)21(20-13)16(2,3)4/h3*5-9H,1-4H3,(H2,17,18,19). The highest BCUT2D eigenvalue weighted by Gasteiger charge is 2.26. The zero-order chi connectivity index (χ0) is 45.6. The number of nitrogens with two attached hydrogens (primary N) is 3. The Morgan fingerprint density at radius 3 is 0.778 bits per heavy atom. The molecule has 0 saturated carbocycles. The third kappa shape index (κ3) is 8.90. The van der Waals surface area contributed by atoms with Gasteiger partial charge < -0.3 is 17.2 Å². The lowest BCUT2D eigenvalue weighted by molar-refractivity contribution is 0.366. The van der Waals surface area contributed by atoms with E-state index < -0.39 is 0 Å². The summed E-state index contributed by atoms with van der Waals surface area (Å²) in [4.78, 5) is 25.5. The molecule has 0 aliphatic carbocycles. The fourth-order valence-corrected chi connectivity index (χ4v) is 7.07. The molecule has 0 unspecified atom stereocenters. The zero-order valence-corrected chi connectivity index (χ0v) is 38.3. The molecule has 15 nitrogen and oxygen atoms in total. The first-order valence-corrected chi connectivity index (χ1v) is 20.8. The van der Waals surface area contributed by atoms with Gasteiger partial charge in [-0.25, -0.2) is 43.9 Å². The predicted octanol–water partition coefficient (Wildman–Crippen LogP) is 9.42. The average Bonchev–Trinajstić information content (AvgIpc) is 3.94. The number of anilines is 3. The second kappa shape index (κ2) is 16.5. The first-order chi connectivity index (χ1) is 29.6. The summed E-state index contributed by atoms with van der Waals surface area (Å²) in [6.07, 6.45) is 4.46. The lowest BCUT2D eigenvalue weighted by atomic mass is 10.1. The van der Waals surface area contributed by atoms with Crippen LogP contribution in [-0.2, 0) is 16.6 Å². The number of hydrogen-bond donors (Lipinski definition) is 3. The second-order valence-corrected chi connectivity index (χ2v) is 18.8. The molecule has 324 valence electrons. The van der Waals surface area contributed by atoms with E-state index in [1.54, 1.807) is 0 Å². The Labute approximate surface area is 367 Å². The molecule has 6 N–H and O–H groups in total. The lowest BCUT2D eigenvalue weighted by Gasteiger charge is -2.19. The van der Waals surface area contributed by atoms with Gasteiger partial charge in [-0.1, -0.05) is 89.5 Å². The van der Waals surface area contributed by atoms with Crippen LogP contribution in [0.1, 0.15) is 79.0 Å². The van der Waals surface area contributed by atoms with Crippen LogP contribution < -0.4 is 17.2 Å². The van der Waals surface area contributed by atoms with Crippen LogP contribution in [0.25, 0.3) is 66.9 Å². The summed E-state index contributed by atoms with van der Waals surface area (Å²) in [7, 11) is 0. The van der Waals surface area contributed by atoms with Gasteiger partial charge in [0.15, 0.2) is 16.9 Å². The Hall–Kier alpha value is -7.29. The van der Waals surface area contributed by atoms with E-state index in [9.17, 15) is 0 Å². The fraction of sp³-hybridized carbons (Fsp3) is 0.312. The van der Waals surface area contributed by atoms with Crippen LogP contribution in [0.15, 0.2) is 91.8 Å². The minimum atomic E-state index is -0.179. The van der Waals surface area contributed by atoms with E-state index in [1.165, 1.54) is 35.7 Å². The number of nitrogens with zero attached hydrogens (tertiary/aromatic N) is 12. The molecule has 15 heteroatoms. The van der Waals surface area contributed by atoms with E-state index in [4.69, 9.17) is 32.5 Å². The van der Waals surface area contributed by atoms with E-state index in [2.05, 4.69) is 186 Å². The largest absolute Gasteiger partial charge is 0.383 e. The van der Waals surface area contributed by atoms with Gasteiger partial charge in [0.05, 0.1) is 32.8 Å². The molecule has 0 aliphatic rings. The van der Waals surface area contributed by atoms with Crippen LogP contribution in [-0.4, -0.2) is 59.2 Å². The molecule has 9 aromatic rings.